The van der Waals surface area contributed by atoms with Crippen molar-refractivity contribution in [2.24, 2.45) is 0 Å². The summed E-state index contributed by atoms with van der Waals surface area (Å²) in [6, 6.07) is 4.37. The number of rotatable bonds is 7. The summed E-state index contributed by atoms with van der Waals surface area (Å²) in [6.45, 7) is 6.98. The van der Waals surface area contributed by atoms with Crippen molar-refractivity contribution in [2.75, 3.05) is 13.6 Å². The van der Waals surface area contributed by atoms with Gasteiger partial charge in [0.2, 0.25) is 0 Å². The van der Waals surface area contributed by atoms with E-state index in [4.69, 9.17) is 4.42 Å². The molecule has 1 unspecified atom stereocenters. The second-order valence-corrected chi connectivity index (χ2v) is 5.77. The van der Waals surface area contributed by atoms with Gasteiger partial charge in [0.25, 0.3) is 0 Å². The Balaban J connectivity index is 1.73. The predicted octanol–water partition coefficient (Wildman–Crippen LogP) is 2.65. The molecule has 0 saturated heterocycles. The van der Waals surface area contributed by atoms with Gasteiger partial charge in [-0.1, -0.05) is 0 Å². The van der Waals surface area contributed by atoms with E-state index in [0.717, 1.165) is 31.1 Å². The number of furan rings is 1. The van der Waals surface area contributed by atoms with Crippen molar-refractivity contribution in [3.8, 4) is 0 Å². The Morgan fingerprint density at radius 1 is 1.53 bits per heavy atom. The number of aromatic nitrogens is 1. The smallest absolute Gasteiger partial charge is 0.117 e. The van der Waals surface area contributed by atoms with Crippen LogP contribution in [0.25, 0.3) is 0 Å². The first kappa shape index (κ1) is 14.2. The largest absolute Gasteiger partial charge is 0.468 e. The number of nitrogens with zero attached hydrogens (tertiary/aromatic N) is 2. The summed E-state index contributed by atoms with van der Waals surface area (Å²) < 4.78 is 5.29. The van der Waals surface area contributed by atoms with Gasteiger partial charge in [0.1, 0.15) is 5.76 Å². The van der Waals surface area contributed by atoms with Crippen molar-refractivity contribution in [3.05, 3.63) is 40.2 Å². The highest BCUT2D eigenvalue weighted by Crippen LogP contribution is 2.15. The van der Waals surface area contributed by atoms with E-state index in [1.54, 1.807) is 17.6 Å². The fourth-order valence-electron chi connectivity index (χ4n) is 1.83. The molecule has 2 aromatic heterocycles. The number of aryl methyl sites for hydroxylation is 1. The first-order chi connectivity index (χ1) is 9.16. The van der Waals surface area contributed by atoms with Crippen LogP contribution >= 0.6 is 11.3 Å². The van der Waals surface area contributed by atoms with Crippen molar-refractivity contribution in [2.45, 2.75) is 33.0 Å². The van der Waals surface area contributed by atoms with Gasteiger partial charge in [-0.15, -0.1) is 11.3 Å². The highest BCUT2D eigenvalue weighted by Gasteiger charge is 2.12. The topological polar surface area (TPSA) is 41.3 Å². The second-order valence-electron chi connectivity index (χ2n) is 4.84. The van der Waals surface area contributed by atoms with Crippen LogP contribution in [0.2, 0.25) is 0 Å². The van der Waals surface area contributed by atoms with Gasteiger partial charge in [-0.2, -0.15) is 0 Å². The van der Waals surface area contributed by atoms with E-state index in [2.05, 4.69) is 36.1 Å². The molecule has 0 aliphatic carbocycles. The highest BCUT2D eigenvalue weighted by molar-refractivity contribution is 7.09. The van der Waals surface area contributed by atoms with Gasteiger partial charge in [0, 0.05) is 24.0 Å². The normalized spacial score (nSPS) is 13.1. The van der Waals surface area contributed by atoms with Crippen molar-refractivity contribution in [3.63, 3.8) is 0 Å². The monoisotopic (exact) mass is 279 g/mol. The molecule has 1 N–H and O–H groups in total. The quantitative estimate of drug-likeness (QED) is 0.846. The van der Waals surface area contributed by atoms with E-state index in [-0.39, 0.29) is 0 Å². The molecule has 0 fully saturated rings. The molecule has 2 heterocycles. The van der Waals surface area contributed by atoms with Crippen LogP contribution in [-0.4, -0.2) is 29.5 Å². The lowest BCUT2D eigenvalue weighted by molar-refractivity contribution is 0.242. The summed E-state index contributed by atoms with van der Waals surface area (Å²) in [6.07, 6.45) is 1.71. The molecule has 0 aliphatic rings. The van der Waals surface area contributed by atoms with Crippen molar-refractivity contribution < 1.29 is 4.42 Å². The molecular formula is C14H21N3OS. The molecule has 1 atom stereocenters. The third-order valence-corrected chi connectivity index (χ3v) is 4.23. The van der Waals surface area contributed by atoms with Crippen LogP contribution in [0.1, 0.15) is 23.3 Å². The SMILES string of the molecule is Cc1ncsc1CN(C)C(C)CNCc1ccco1. The lowest BCUT2D eigenvalue weighted by atomic mass is 10.2. The molecule has 0 saturated carbocycles. The molecule has 0 aliphatic heterocycles. The van der Waals surface area contributed by atoms with Crippen LogP contribution in [0.4, 0.5) is 0 Å². The highest BCUT2D eigenvalue weighted by atomic mass is 32.1. The molecule has 0 bridgehead atoms. The standard InChI is InChI=1S/C14H21N3OS/c1-11(7-15-8-13-5-4-6-18-13)17(3)9-14-12(2)16-10-19-14/h4-6,10-11,15H,7-9H2,1-3H3. The molecule has 2 rings (SSSR count). The van der Waals surface area contributed by atoms with Crippen molar-refractivity contribution in [1.82, 2.24) is 15.2 Å². The summed E-state index contributed by atoms with van der Waals surface area (Å²) >= 11 is 1.73. The maximum atomic E-state index is 5.29. The van der Waals surface area contributed by atoms with Gasteiger partial charge in [-0.3, -0.25) is 4.90 Å². The van der Waals surface area contributed by atoms with Gasteiger partial charge >= 0.3 is 0 Å². The van der Waals surface area contributed by atoms with Crippen LogP contribution < -0.4 is 5.32 Å². The van der Waals surface area contributed by atoms with Gasteiger partial charge in [-0.05, 0) is 33.0 Å². The minimum Gasteiger partial charge on any atom is -0.468 e. The Morgan fingerprint density at radius 3 is 3.00 bits per heavy atom. The number of hydrogen-bond donors (Lipinski definition) is 1. The van der Waals surface area contributed by atoms with Crippen LogP contribution in [0.3, 0.4) is 0 Å². The number of hydrogen-bond acceptors (Lipinski definition) is 5. The van der Waals surface area contributed by atoms with Gasteiger partial charge < -0.3 is 9.73 Å². The van der Waals surface area contributed by atoms with Crippen molar-refractivity contribution in [1.29, 1.82) is 0 Å². The average Bonchev–Trinajstić information content (AvgIpc) is 3.02. The van der Waals surface area contributed by atoms with E-state index in [1.165, 1.54) is 4.88 Å². The Bertz CT molecular complexity index is 481. The molecule has 0 radical (unpaired) electrons. The number of likely N-dealkylation sites (N-methyl/N-ethyl adjacent to an activating group) is 1. The Hall–Kier alpha value is -1.17. The minimum atomic E-state index is 0.469. The zero-order chi connectivity index (χ0) is 13.7. The second kappa shape index (κ2) is 6.84. The van der Waals surface area contributed by atoms with E-state index in [1.807, 2.05) is 17.6 Å². The fraction of sp³-hybridized carbons (Fsp3) is 0.500. The van der Waals surface area contributed by atoms with Gasteiger partial charge in [-0.25, -0.2) is 4.98 Å². The maximum absolute atomic E-state index is 5.29. The Morgan fingerprint density at radius 2 is 2.37 bits per heavy atom. The summed E-state index contributed by atoms with van der Waals surface area (Å²) in [5.74, 6) is 0.980. The maximum Gasteiger partial charge on any atom is 0.117 e. The lowest BCUT2D eigenvalue weighted by Gasteiger charge is -2.24. The van der Waals surface area contributed by atoms with Crippen LogP contribution in [0.15, 0.2) is 28.3 Å². The first-order valence-corrected chi connectivity index (χ1v) is 7.37. The third-order valence-electron chi connectivity index (χ3n) is 3.31. The summed E-state index contributed by atoms with van der Waals surface area (Å²) in [4.78, 5) is 7.98. The Kier molecular flexibility index (Phi) is 5.13. The zero-order valence-electron chi connectivity index (χ0n) is 11.7. The molecule has 0 amide bonds. The summed E-state index contributed by atoms with van der Waals surface area (Å²) in [7, 11) is 2.15. The first-order valence-electron chi connectivity index (χ1n) is 6.49. The average molecular weight is 279 g/mol. The summed E-state index contributed by atoms with van der Waals surface area (Å²) in [5.41, 5.74) is 3.06. The van der Waals surface area contributed by atoms with E-state index in [0.29, 0.717) is 6.04 Å². The van der Waals surface area contributed by atoms with E-state index < -0.39 is 0 Å². The number of thiazole rings is 1. The summed E-state index contributed by atoms with van der Waals surface area (Å²) in [5, 5.41) is 3.42. The molecule has 5 heteroatoms. The molecule has 0 spiro atoms. The molecule has 104 valence electrons. The molecule has 4 nitrogen and oxygen atoms in total. The van der Waals surface area contributed by atoms with Crippen LogP contribution in [-0.2, 0) is 13.1 Å². The van der Waals surface area contributed by atoms with E-state index >= 15 is 0 Å². The van der Waals surface area contributed by atoms with Crippen molar-refractivity contribution >= 4 is 11.3 Å². The lowest BCUT2D eigenvalue weighted by Crippen LogP contribution is -2.37. The third kappa shape index (κ3) is 4.16. The van der Waals surface area contributed by atoms with Crippen LogP contribution in [0, 0.1) is 6.92 Å². The molecule has 0 aromatic carbocycles. The van der Waals surface area contributed by atoms with Gasteiger partial charge in [0.05, 0.1) is 24.0 Å². The van der Waals surface area contributed by atoms with Gasteiger partial charge in [0.15, 0.2) is 0 Å². The van der Waals surface area contributed by atoms with E-state index in [9.17, 15) is 0 Å². The molecular weight excluding hydrogens is 258 g/mol. The zero-order valence-corrected chi connectivity index (χ0v) is 12.5. The minimum absolute atomic E-state index is 0.469. The van der Waals surface area contributed by atoms with Crippen LogP contribution in [0.5, 0.6) is 0 Å². The number of nitrogens with one attached hydrogen (secondary N) is 1. The molecule has 2 aromatic rings. The fourth-order valence-corrected chi connectivity index (χ4v) is 2.67. The predicted molar refractivity (Wildman–Crippen MR) is 78.2 cm³/mol. The Labute approximate surface area is 118 Å². The molecule has 19 heavy (non-hydrogen) atoms.